The number of rotatable bonds is 4. The molecular weight excluding hydrogens is 200 g/mol. The number of hydrogen-bond acceptors (Lipinski definition) is 3. The zero-order valence-corrected chi connectivity index (χ0v) is 8.84. The molecule has 0 saturated carbocycles. The molecule has 4 nitrogen and oxygen atoms in total. The lowest BCUT2D eigenvalue weighted by Gasteiger charge is -2.04. The van der Waals surface area contributed by atoms with Crippen molar-refractivity contribution in [3.63, 3.8) is 0 Å². The van der Waals surface area contributed by atoms with E-state index < -0.39 is 10.0 Å². The topological polar surface area (TPSA) is 72.2 Å². The maximum atomic E-state index is 10.8. The van der Waals surface area contributed by atoms with Gasteiger partial charge in [0, 0.05) is 12.2 Å². The zero-order chi connectivity index (χ0) is 10.6. The van der Waals surface area contributed by atoms with E-state index in [2.05, 4.69) is 5.32 Å². The van der Waals surface area contributed by atoms with Gasteiger partial charge in [-0.15, -0.1) is 0 Å². The van der Waals surface area contributed by atoms with Gasteiger partial charge in [-0.1, -0.05) is 12.1 Å². The van der Waals surface area contributed by atoms with Gasteiger partial charge in [0.15, 0.2) is 0 Å². The third kappa shape index (κ3) is 3.76. The highest BCUT2D eigenvalue weighted by Crippen LogP contribution is 2.10. The summed E-state index contributed by atoms with van der Waals surface area (Å²) >= 11 is 0. The summed E-state index contributed by atoms with van der Waals surface area (Å²) in [5.41, 5.74) is 1.68. The van der Waals surface area contributed by atoms with Crippen LogP contribution in [0.3, 0.4) is 0 Å². The van der Waals surface area contributed by atoms with Crippen LogP contribution in [0.4, 0.5) is 5.69 Å². The highest BCUT2D eigenvalue weighted by Gasteiger charge is 2.03. The van der Waals surface area contributed by atoms with Gasteiger partial charge in [-0.2, -0.15) is 0 Å². The molecule has 0 aliphatic carbocycles. The van der Waals surface area contributed by atoms with Gasteiger partial charge in [-0.3, -0.25) is 0 Å². The lowest BCUT2D eigenvalue weighted by molar-refractivity contribution is 0.597. The molecule has 0 fully saturated rings. The van der Waals surface area contributed by atoms with Crippen molar-refractivity contribution in [3.8, 4) is 0 Å². The Labute approximate surface area is 84.2 Å². The van der Waals surface area contributed by atoms with Crippen molar-refractivity contribution in [2.24, 2.45) is 5.14 Å². The van der Waals surface area contributed by atoms with Crippen molar-refractivity contribution in [2.75, 3.05) is 11.9 Å². The molecule has 1 rings (SSSR count). The molecule has 0 spiro atoms. The summed E-state index contributed by atoms with van der Waals surface area (Å²) in [6.07, 6.45) is 0. The molecule has 1 aromatic carbocycles. The summed E-state index contributed by atoms with van der Waals surface area (Å²) in [6.45, 7) is 2.84. The highest BCUT2D eigenvalue weighted by molar-refractivity contribution is 7.88. The van der Waals surface area contributed by atoms with Crippen LogP contribution in [0, 0.1) is 0 Å². The minimum absolute atomic E-state index is 0.112. The summed E-state index contributed by atoms with van der Waals surface area (Å²) in [6, 6.07) is 7.18. The Hall–Kier alpha value is -1.07. The Bertz CT molecular complexity index is 384. The van der Waals surface area contributed by atoms with Crippen molar-refractivity contribution >= 4 is 15.7 Å². The van der Waals surface area contributed by atoms with Crippen LogP contribution < -0.4 is 10.5 Å². The van der Waals surface area contributed by atoms with Crippen molar-refractivity contribution in [1.82, 2.24) is 0 Å². The first-order valence-electron chi connectivity index (χ1n) is 4.34. The predicted molar refractivity (Wildman–Crippen MR) is 57.4 cm³/mol. The van der Waals surface area contributed by atoms with Crippen molar-refractivity contribution in [2.45, 2.75) is 12.7 Å². The van der Waals surface area contributed by atoms with E-state index in [1.165, 1.54) is 0 Å². The standard InChI is InChI=1S/C9H14N2O2S/c1-2-11-9-5-3-8(4-6-9)7-14(10,12)13/h3-6,11H,2,7H2,1H3,(H2,10,12,13). The van der Waals surface area contributed by atoms with E-state index in [0.29, 0.717) is 5.56 Å². The number of anilines is 1. The summed E-state index contributed by atoms with van der Waals surface area (Å²) in [4.78, 5) is 0. The second kappa shape index (κ2) is 4.43. The second-order valence-electron chi connectivity index (χ2n) is 3.03. The number of primary sulfonamides is 1. The molecule has 0 aliphatic rings. The van der Waals surface area contributed by atoms with E-state index in [4.69, 9.17) is 5.14 Å². The maximum Gasteiger partial charge on any atom is 0.213 e. The molecule has 0 aromatic heterocycles. The van der Waals surface area contributed by atoms with Crippen LogP contribution >= 0.6 is 0 Å². The van der Waals surface area contributed by atoms with Crippen LogP contribution in [0.5, 0.6) is 0 Å². The van der Waals surface area contributed by atoms with E-state index in [9.17, 15) is 8.42 Å². The fraction of sp³-hybridized carbons (Fsp3) is 0.333. The van der Waals surface area contributed by atoms with Crippen LogP contribution in [0.1, 0.15) is 12.5 Å². The van der Waals surface area contributed by atoms with Crippen LogP contribution in [0.2, 0.25) is 0 Å². The molecule has 0 saturated heterocycles. The number of nitrogens with two attached hydrogens (primary N) is 1. The van der Waals surface area contributed by atoms with Crippen molar-refractivity contribution in [3.05, 3.63) is 29.8 Å². The molecule has 1 aromatic rings. The average Bonchev–Trinajstić information content (AvgIpc) is 2.06. The quantitative estimate of drug-likeness (QED) is 0.782. The molecule has 78 valence electrons. The number of nitrogens with one attached hydrogen (secondary N) is 1. The van der Waals surface area contributed by atoms with E-state index in [1.54, 1.807) is 12.1 Å². The molecular formula is C9H14N2O2S. The molecule has 0 heterocycles. The monoisotopic (exact) mass is 214 g/mol. The van der Waals surface area contributed by atoms with Gasteiger partial charge in [-0.05, 0) is 24.6 Å². The smallest absolute Gasteiger partial charge is 0.213 e. The number of benzene rings is 1. The van der Waals surface area contributed by atoms with Gasteiger partial charge in [0.2, 0.25) is 10.0 Å². The maximum absolute atomic E-state index is 10.8. The summed E-state index contributed by atoms with van der Waals surface area (Å²) in [5, 5.41) is 8.04. The predicted octanol–water partition coefficient (Wildman–Crippen LogP) is 0.907. The average molecular weight is 214 g/mol. The van der Waals surface area contributed by atoms with Gasteiger partial charge in [0.1, 0.15) is 0 Å². The molecule has 0 radical (unpaired) electrons. The molecule has 0 aliphatic heterocycles. The summed E-state index contributed by atoms with van der Waals surface area (Å²) in [5.74, 6) is -0.112. The fourth-order valence-corrected chi connectivity index (χ4v) is 1.81. The Morgan fingerprint density at radius 3 is 2.29 bits per heavy atom. The third-order valence-electron chi connectivity index (χ3n) is 1.70. The SMILES string of the molecule is CCNc1ccc(CS(N)(=O)=O)cc1. The van der Waals surface area contributed by atoms with Gasteiger partial charge in [0.25, 0.3) is 0 Å². The van der Waals surface area contributed by atoms with Gasteiger partial charge >= 0.3 is 0 Å². The van der Waals surface area contributed by atoms with Gasteiger partial charge < -0.3 is 5.32 Å². The van der Waals surface area contributed by atoms with E-state index in [0.717, 1.165) is 12.2 Å². The Morgan fingerprint density at radius 2 is 1.86 bits per heavy atom. The minimum atomic E-state index is -3.42. The molecule has 0 atom stereocenters. The Kier molecular flexibility index (Phi) is 3.49. The summed E-state index contributed by atoms with van der Waals surface area (Å²) < 4.78 is 21.5. The molecule has 0 bridgehead atoms. The molecule has 3 N–H and O–H groups in total. The van der Waals surface area contributed by atoms with E-state index in [-0.39, 0.29) is 5.75 Å². The second-order valence-corrected chi connectivity index (χ2v) is 4.65. The van der Waals surface area contributed by atoms with Crippen LogP contribution in [-0.4, -0.2) is 15.0 Å². The van der Waals surface area contributed by atoms with Crippen molar-refractivity contribution in [1.29, 1.82) is 0 Å². The Morgan fingerprint density at radius 1 is 1.29 bits per heavy atom. The molecule has 5 heteroatoms. The van der Waals surface area contributed by atoms with Gasteiger partial charge in [-0.25, -0.2) is 13.6 Å². The van der Waals surface area contributed by atoms with Crippen molar-refractivity contribution < 1.29 is 8.42 Å². The third-order valence-corrected chi connectivity index (χ3v) is 2.44. The molecule has 0 unspecified atom stereocenters. The number of hydrogen-bond donors (Lipinski definition) is 2. The molecule has 14 heavy (non-hydrogen) atoms. The number of sulfonamides is 1. The van der Waals surface area contributed by atoms with Crippen LogP contribution in [0.25, 0.3) is 0 Å². The zero-order valence-electron chi connectivity index (χ0n) is 8.03. The van der Waals surface area contributed by atoms with E-state index in [1.807, 2.05) is 19.1 Å². The highest BCUT2D eigenvalue weighted by atomic mass is 32.2. The first kappa shape index (κ1) is 11.0. The lowest BCUT2D eigenvalue weighted by Crippen LogP contribution is -2.14. The largest absolute Gasteiger partial charge is 0.385 e. The van der Waals surface area contributed by atoms with Crippen LogP contribution in [-0.2, 0) is 15.8 Å². The summed E-state index contributed by atoms with van der Waals surface area (Å²) in [7, 11) is -3.42. The molecule has 0 amide bonds. The first-order chi connectivity index (χ1) is 6.51. The Balaban J connectivity index is 2.74. The van der Waals surface area contributed by atoms with Crippen LogP contribution in [0.15, 0.2) is 24.3 Å². The lowest BCUT2D eigenvalue weighted by atomic mass is 10.2. The van der Waals surface area contributed by atoms with Gasteiger partial charge in [0.05, 0.1) is 5.75 Å². The minimum Gasteiger partial charge on any atom is -0.385 e. The normalized spacial score (nSPS) is 11.3. The fourth-order valence-electron chi connectivity index (χ4n) is 1.16. The first-order valence-corrected chi connectivity index (χ1v) is 6.06. The van der Waals surface area contributed by atoms with E-state index >= 15 is 0 Å².